The van der Waals surface area contributed by atoms with Gasteiger partial charge in [-0.3, -0.25) is 0 Å². The lowest BCUT2D eigenvalue weighted by molar-refractivity contribution is 1.50. The number of benzene rings is 2. The Labute approximate surface area is 102 Å². The third-order valence-corrected chi connectivity index (χ3v) is 2.38. The Balaban J connectivity index is 0.000000509. The first-order chi connectivity index (χ1) is 7.75. The molecule has 0 nitrogen and oxygen atoms in total. The van der Waals surface area contributed by atoms with Crippen LogP contribution in [-0.4, -0.2) is 0 Å². The van der Waals surface area contributed by atoms with Gasteiger partial charge in [0.15, 0.2) is 0 Å². The minimum absolute atomic E-state index is 1.24. The normalized spacial score (nSPS) is 8.62. The van der Waals surface area contributed by atoms with E-state index < -0.39 is 0 Å². The zero-order chi connectivity index (χ0) is 12.6. The van der Waals surface area contributed by atoms with E-state index >= 15 is 0 Å². The Morgan fingerprint density at radius 1 is 0.750 bits per heavy atom. The smallest absolute Gasteiger partial charge is 0.0178 e. The fraction of sp³-hybridized carbons (Fsp3) is 0.333. The highest BCUT2D eigenvalue weighted by atomic mass is 31.0. The molecule has 0 amide bonds. The molecule has 1 heteroatoms. The topological polar surface area (TPSA) is 0 Å². The summed E-state index contributed by atoms with van der Waals surface area (Å²) in [5, 5.41) is 3.88. The van der Waals surface area contributed by atoms with Crippen LogP contribution >= 0.6 is 9.24 Å². The van der Waals surface area contributed by atoms with Crippen LogP contribution in [0, 0.1) is 6.92 Å². The molecule has 0 bridgehead atoms. The highest BCUT2D eigenvalue weighted by Crippen LogP contribution is 2.14. The van der Waals surface area contributed by atoms with E-state index in [0.29, 0.717) is 0 Å². The molecule has 0 N–H and O–H groups in total. The SMILES string of the molecule is CC.CC.Cc1ccc2cc(P)ccc2c1. The van der Waals surface area contributed by atoms with Crippen LogP contribution in [-0.2, 0) is 0 Å². The molecule has 0 aliphatic rings. The second kappa shape index (κ2) is 8.30. The van der Waals surface area contributed by atoms with E-state index in [1.165, 1.54) is 21.6 Å². The Hall–Kier alpha value is -0.870. The average Bonchev–Trinajstić information content (AvgIpc) is 2.35. The monoisotopic (exact) mass is 234 g/mol. The van der Waals surface area contributed by atoms with E-state index in [1.54, 1.807) is 0 Å². The average molecular weight is 234 g/mol. The molecule has 0 aliphatic heterocycles. The largest absolute Gasteiger partial charge is 0.106 e. The summed E-state index contributed by atoms with van der Waals surface area (Å²) in [4.78, 5) is 0. The predicted octanol–water partition coefficient (Wildman–Crippen LogP) is 4.70. The first-order valence-corrected chi connectivity index (χ1v) is 6.59. The third-order valence-electron chi connectivity index (χ3n) is 2.02. The number of hydrogen-bond donors (Lipinski definition) is 0. The van der Waals surface area contributed by atoms with Gasteiger partial charge in [0.05, 0.1) is 0 Å². The summed E-state index contributed by atoms with van der Waals surface area (Å²) in [6.45, 7) is 10.1. The van der Waals surface area contributed by atoms with E-state index in [9.17, 15) is 0 Å². The zero-order valence-corrected chi connectivity index (χ0v) is 12.2. The van der Waals surface area contributed by atoms with Crippen molar-refractivity contribution in [1.82, 2.24) is 0 Å². The van der Waals surface area contributed by atoms with Crippen molar-refractivity contribution in [2.45, 2.75) is 34.6 Å². The molecule has 0 spiro atoms. The number of rotatable bonds is 0. The van der Waals surface area contributed by atoms with Gasteiger partial charge in [0.25, 0.3) is 0 Å². The van der Waals surface area contributed by atoms with Crippen LogP contribution in [0.25, 0.3) is 10.8 Å². The molecule has 16 heavy (non-hydrogen) atoms. The third kappa shape index (κ3) is 4.33. The molecule has 88 valence electrons. The van der Waals surface area contributed by atoms with Gasteiger partial charge < -0.3 is 0 Å². The van der Waals surface area contributed by atoms with Crippen LogP contribution in [0.5, 0.6) is 0 Å². The molecule has 1 unspecified atom stereocenters. The Morgan fingerprint density at radius 2 is 1.25 bits per heavy atom. The molecule has 0 saturated carbocycles. The predicted molar refractivity (Wildman–Crippen MR) is 80.7 cm³/mol. The van der Waals surface area contributed by atoms with Gasteiger partial charge in [-0.25, -0.2) is 0 Å². The molecule has 0 saturated heterocycles. The maximum absolute atomic E-state index is 2.71. The highest BCUT2D eigenvalue weighted by Gasteiger charge is 1.92. The van der Waals surface area contributed by atoms with Crippen LogP contribution < -0.4 is 5.30 Å². The maximum Gasteiger partial charge on any atom is -0.0178 e. The Kier molecular flexibility index (Phi) is 7.85. The van der Waals surface area contributed by atoms with Crippen LogP contribution in [0.15, 0.2) is 36.4 Å². The van der Waals surface area contributed by atoms with Gasteiger partial charge in [0.1, 0.15) is 0 Å². The van der Waals surface area contributed by atoms with Crippen LogP contribution in [0.4, 0.5) is 0 Å². The molecule has 0 aromatic heterocycles. The second-order valence-corrected chi connectivity index (χ2v) is 3.78. The van der Waals surface area contributed by atoms with Gasteiger partial charge in [-0.1, -0.05) is 63.6 Å². The fourth-order valence-corrected chi connectivity index (χ4v) is 1.66. The van der Waals surface area contributed by atoms with Gasteiger partial charge in [-0.2, -0.15) is 0 Å². The maximum atomic E-state index is 2.71. The van der Waals surface area contributed by atoms with Gasteiger partial charge >= 0.3 is 0 Å². The van der Waals surface area contributed by atoms with Crippen LogP contribution in [0.3, 0.4) is 0 Å². The molecule has 2 aromatic carbocycles. The minimum atomic E-state index is 1.24. The van der Waals surface area contributed by atoms with Crippen LogP contribution in [0.2, 0.25) is 0 Å². The lowest BCUT2D eigenvalue weighted by Crippen LogP contribution is -1.87. The Bertz CT molecular complexity index is 377. The van der Waals surface area contributed by atoms with Crippen LogP contribution in [0.1, 0.15) is 33.3 Å². The van der Waals surface area contributed by atoms with Crippen molar-refractivity contribution in [1.29, 1.82) is 0 Å². The van der Waals surface area contributed by atoms with Gasteiger partial charge in [0.2, 0.25) is 0 Å². The molecule has 2 rings (SSSR count). The van der Waals surface area contributed by atoms with Gasteiger partial charge in [-0.15, -0.1) is 9.24 Å². The molecule has 2 aromatic rings. The quantitative estimate of drug-likeness (QED) is 0.579. The lowest BCUT2D eigenvalue weighted by Gasteiger charge is -1.99. The summed E-state index contributed by atoms with van der Waals surface area (Å²) in [5.41, 5.74) is 1.32. The van der Waals surface area contributed by atoms with Gasteiger partial charge in [0, 0.05) is 0 Å². The minimum Gasteiger partial charge on any atom is -0.106 e. The van der Waals surface area contributed by atoms with E-state index in [1.807, 2.05) is 27.7 Å². The van der Waals surface area contributed by atoms with Crippen molar-refractivity contribution in [3.05, 3.63) is 42.0 Å². The Morgan fingerprint density at radius 3 is 1.88 bits per heavy atom. The standard InChI is InChI=1S/C11H11P.2C2H6/c1-8-2-3-10-7-11(12)5-4-9(10)6-8;2*1-2/h2-7H,12H2,1H3;2*1-2H3. The number of hydrogen-bond acceptors (Lipinski definition) is 0. The molecule has 0 radical (unpaired) electrons. The summed E-state index contributed by atoms with van der Waals surface area (Å²) in [5.74, 6) is 0. The van der Waals surface area contributed by atoms with E-state index in [0.717, 1.165) is 0 Å². The van der Waals surface area contributed by atoms with Crippen molar-refractivity contribution in [3.8, 4) is 0 Å². The summed E-state index contributed by atoms with van der Waals surface area (Å²) in [6.07, 6.45) is 0. The number of aryl methyl sites for hydroxylation is 1. The molecule has 0 heterocycles. The number of fused-ring (bicyclic) bond motifs is 1. The van der Waals surface area contributed by atoms with Gasteiger partial charge in [-0.05, 0) is 29.1 Å². The van der Waals surface area contributed by atoms with E-state index in [4.69, 9.17) is 0 Å². The van der Waals surface area contributed by atoms with Crippen molar-refractivity contribution in [2.75, 3.05) is 0 Å². The highest BCUT2D eigenvalue weighted by molar-refractivity contribution is 7.27. The second-order valence-electron chi connectivity index (χ2n) is 3.11. The summed E-state index contributed by atoms with van der Waals surface area (Å²) in [6, 6.07) is 13.0. The molecule has 0 fully saturated rings. The first kappa shape index (κ1) is 15.1. The zero-order valence-electron chi connectivity index (χ0n) is 11.0. The molecule has 1 atom stereocenters. The molecular weight excluding hydrogens is 211 g/mol. The fourth-order valence-electron chi connectivity index (χ4n) is 1.38. The summed E-state index contributed by atoms with van der Waals surface area (Å²) < 4.78 is 0. The van der Waals surface area contributed by atoms with Crippen molar-refractivity contribution >= 4 is 25.3 Å². The summed E-state index contributed by atoms with van der Waals surface area (Å²) in [7, 11) is 2.71. The van der Waals surface area contributed by atoms with Crippen molar-refractivity contribution in [3.63, 3.8) is 0 Å². The van der Waals surface area contributed by atoms with Crippen molar-refractivity contribution < 1.29 is 0 Å². The lowest BCUT2D eigenvalue weighted by atomic mass is 10.1. The summed E-state index contributed by atoms with van der Waals surface area (Å²) >= 11 is 0. The van der Waals surface area contributed by atoms with E-state index in [2.05, 4.69) is 52.6 Å². The van der Waals surface area contributed by atoms with E-state index in [-0.39, 0.29) is 0 Å². The molecular formula is C15H23P. The molecule has 0 aliphatic carbocycles. The first-order valence-electron chi connectivity index (χ1n) is 6.01. The van der Waals surface area contributed by atoms with Crippen molar-refractivity contribution in [2.24, 2.45) is 0 Å².